The van der Waals surface area contributed by atoms with Crippen LogP contribution in [-0.4, -0.2) is 22.6 Å². The summed E-state index contributed by atoms with van der Waals surface area (Å²) in [6.45, 7) is 0.541. The maximum atomic E-state index is 11.0. The van der Waals surface area contributed by atoms with Crippen molar-refractivity contribution in [3.8, 4) is 0 Å². The molecule has 5 heteroatoms. The second-order valence-electron chi connectivity index (χ2n) is 3.52. The molecule has 1 aromatic carbocycles. The zero-order chi connectivity index (χ0) is 10.8. The van der Waals surface area contributed by atoms with E-state index in [9.17, 15) is 9.70 Å². The van der Waals surface area contributed by atoms with E-state index in [-0.39, 0.29) is 6.54 Å². The minimum Gasteiger partial charge on any atom is -0.481 e. The number of hydrogen-bond donors (Lipinski definition) is 1. The molecule has 15 heavy (non-hydrogen) atoms. The number of benzene rings is 1. The molecule has 1 unspecified atom stereocenters. The molecular formula is C10H10N2O3. The quantitative estimate of drug-likeness (QED) is 0.741. The first-order valence-electron chi connectivity index (χ1n) is 4.61. The third kappa shape index (κ3) is 1.68. The fraction of sp³-hybridized carbons (Fsp3) is 0.300. The van der Waals surface area contributed by atoms with Crippen LogP contribution in [0, 0.1) is 4.91 Å². The monoisotopic (exact) mass is 206 g/mol. The molecule has 0 amide bonds. The fourth-order valence-electron chi connectivity index (χ4n) is 1.86. The van der Waals surface area contributed by atoms with Crippen LogP contribution >= 0.6 is 0 Å². The van der Waals surface area contributed by atoms with E-state index in [4.69, 9.17) is 5.11 Å². The van der Waals surface area contributed by atoms with Gasteiger partial charge in [0.15, 0.2) is 0 Å². The first-order chi connectivity index (χ1) is 7.22. The summed E-state index contributed by atoms with van der Waals surface area (Å²) in [6.07, 6.45) is 0. The molecule has 0 saturated heterocycles. The number of aliphatic carboxylic acids is 1. The minimum absolute atomic E-state index is 0.149. The zero-order valence-corrected chi connectivity index (χ0v) is 7.96. The molecular weight excluding hydrogens is 196 g/mol. The van der Waals surface area contributed by atoms with Gasteiger partial charge in [-0.3, -0.25) is 9.80 Å². The van der Waals surface area contributed by atoms with E-state index in [1.807, 2.05) is 12.1 Å². The van der Waals surface area contributed by atoms with E-state index in [0.717, 1.165) is 11.1 Å². The van der Waals surface area contributed by atoms with Gasteiger partial charge in [0.25, 0.3) is 0 Å². The van der Waals surface area contributed by atoms with Gasteiger partial charge in [0.05, 0.1) is 18.4 Å². The molecule has 0 aliphatic carbocycles. The van der Waals surface area contributed by atoms with E-state index in [2.05, 4.69) is 5.29 Å². The Kier molecular flexibility index (Phi) is 2.37. The maximum Gasteiger partial charge on any atom is 0.312 e. The highest BCUT2D eigenvalue weighted by Gasteiger charge is 2.30. The first-order valence-corrected chi connectivity index (χ1v) is 4.61. The number of hydrogen-bond acceptors (Lipinski definition) is 3. The van der Waals surface area contributed by atoms with Gasteiger partial charge in [-0.1, -0.05) is 24.3 Å². The van der Waals surface area contributed by atoms with Crippen molar-refractivity contribution in [1.29, 1.82) is 0 Å². The van der Waals surface area contributed by atoms with Gasteiger partial charge in [-0.25, -0.2) is 0 Å². The van der Waals surface area contributed by atoms with Crippen molar-refractivity contribution >= 4 is 5.97 Å². The standard InChI is InChI=1S/C10H10N2O3/c13-10(14)9-6-12(11-15)5-7-3-1-2-4-8(7)9/h1-4,9H,5-6H2,(H,13,14). The highest BCUT2D eigenvalue weighted by Crippen LogP contribution is 2.28. The number of carboxylic acid groups (broad SMARTS) is 1. The smallest absolute Gasteiger partial charge is 0.312 e. The van der Waals surface area contributed by atoms with Gasteiger partial charge < -0.3 is 5.11 Å². The zero-order valence-electron chi connectivity index (χ0n) is 7.96. The Labute approximate surface area is 86.3 Å². The van der Waals surface area contributed by atoms with Crippen LogP contribution in [-0.2, 0) is 11.3 Å². The normalized spacial score (nSPS) is 19.5. The molecule has 1 heterocycles. The summed E-state index contributed by atoms with van der Waals surface area (Å²) in [7, 11) is 0. The van der Waals surface area contributed by atoms with Gasteiger partial charge >= 0.3 is 5.97 Å². The second-order valence-corrected chi connectivity index (χ2v) is 3.52. The number of nitrogens with zero attached hydrogens (tertiary/aromatic N) is 2. The number of nitroso groups, excluding NO2 is 1. The highest BCUT2D eigenvalue weighted by atomic mass is 16.4. The largest absolute Gasteiger partial charge is 0.481 e. The van der Waals surface area contributed by atoms with E-state index in [1.165, 1.54) is 5.01 Å². The summed E-state index contributed by atoms with van der Waals surface area (Å²) in [5, 5.41) is 13.1. The minimum atomic E-state index is -0.921. The molecule has 2 rings (SSSR count). The molecule has 5 nitrogen and oxygen atoms in total. The lowest BCUT2D eigenvalue weighted by atomic mass is 9.91. The van der Waals surface area contributed by atoms with Crippen molar-refractivity contribution in [1.82, 2.24) is 5.01 Å². The van der Waals surface area contributed by atoms with Crippen molar-refractivity contribution < 1.29 is 9.90 Å². The lowest BCUT2D eigenvalue weighted by Crippen LogP contribution is -2.33. The van der Waals surface area contributed by atoms with Crippen LogP contribution in [0.5, 0.6) is 0 Å². The van der Waals surface area contributed by atoms with Gasteiger partial charge in [-0.05, 0) is 11.1 Å². The summed E-state index contributed by atoms with van der Waals surface area (Å²) in [6, 6.07) is 7.24. The summed E-state index contributed by atoms with van der Waals surface area (Å²) in [5.41, 5.74) is 1.64. The van der Waals surface area contributed by atoms with Gasteiger partial charge in [0.1, 0.15) is 5.92 Å². The molecule has 0 bridgehead atoms. The molecule has 1 aliphatic rings. The van der Waals surface area contributed by atoms with Crippen LogP contribution < -0.4 is 0 Å². The lowest BCUT2D eigenvalue weighted by molar-refractivity contribution is -0.139. The molecule has 1 atom stereocenters. The molecule has 1 aliphatic heterocycles. The Bertz CT molecular complexity index is 405. The Morgan fingerprint density at radius 1 is 1.47 bits per heavy atom. The first kappa shape index (κ1) is 9.64. The number of fused-ring (bicyclic) bond motifs is 1. The SMILES string of the molecule is O=NN1Cc2ccccc2C(C(=O)O)C1. The molecule has 0 fully saturated rings. The Balaban J connectivity index is 2.42. The number of rotatable bonds is 2. The van der Waals surface area contributed by atoms with Crippen LogP contribution in [0.1, 0.15) is 17.0 Å². The Morgan fingerprint density at radius 3 is 2.87 bits per heavy atom. The van der Waals surface area contributed by atoms with E-state index >= 15 is 0 Å². The van der Waals surface area contributed by atoms with Crippen LogP contribution in [0.2, 0.25) is 0 Å². The summed E-state index contributed by atoms with van der Waals surface area (Å²) in [4.78, 5) is 21.4. The van der Waals surface area contributed by atoms with Crippen molar-refractivity contribution in [2.24, 2.45) is 5.29 Å². The van der Waals surface area contributed by atoms with Gasteiger partial charge in [0.2, 0.25) is 0 Å². The molecule has 1 N–H and O–H groups in total. The third-order valence-corrected chi connectivity index (χ3v) is 2.59. The molecule has 0 saturated carbocycles. The van der Waals surface area contributed by atoms with E-state index in [0.29, 0.717) is 6.54 Å². The van der Waals surface area contributed by atoms with Crippen molar-refractivity contribution in [2.75, 3.05) is 6.54 Å². The molecule has 0 spiro atoms. The maximum absolute atomic E-state index is 11.0. The lowest BCUT2D eigenvalue weighted by Gasteiger charge is -2.28. The summed E-state index contributed by atoms with van der Waals surface area (Å²) in [5.74, 6) is -1.58. The third-order valence-electron chi connectivity index (χ3n) is 2.59. The number of carboxylic acids is 1. The number of carbonyl (C=O) groups is 1. The molecule has 1 aromatic rings. The second kappa shape index (κ2) is 3.68. The van der Waals surface area contributed by atoms with Crippen LogP contribution in [0.15, 0.2) is 29.6 Å². The predicted molar refractivity (Wildman–Crippen MR) is 53.0 cm³/mol. The van der Waals surface area contributed by atoms with Crippen LogP contribution in [0.4, 0.5) is 0 Å². The molecule has 0 aromatic heterocycles. The average molecular weight is 206 g/mol. The Morgan fingerprint density at radius 2 is 2.20 bits per heavy atom. The Hall–Kier alpha value is -1.91. The molecule has 0 radical (unpaired) electrons. The topological polar surface area (TPSA) is 70.0 Å². The van der Waals surface area contributed by atoms with Crippen LogP contribution in [0.25, 0.3) is 0 Å². The van der Waals surface area contributed by atoms with Gasteiger partial charge in [0, 0.05) is 0 Å². The van der Waals surface area contributed by atoms with Gasteiger partial charge in [-0.2, -0.15) is 0 Å². The summed E-state index contributed by atoms with van der Waals surface area (Å²) >= 11 is 0. The van der Waals surface area contributed by atoms with Crippen molar-refractivity contribution in [3.63, 3.8) is 0 Å². The van der Waals surface area contributed by atoms with E-state index in [1.54, 1.807) is 12.1 Å². The van der Waals surface area contributed by atoms with Crippen LogP contribution in [0.3, 0.4) is 0 Å². The van der Waals surface area contributed by atoms with Gasteiger partial charge in [-0.15, -0.1) is 4.91 Å². The van der Waals surface area contributed by atoms with Crippen molar-refractivity contribution in [2.45, 2.75) is 12.5 Å². The predicted octanol–water partition coefficient (Wildman–Crippen LogP) is 1.35. The van der Waals surface area contributed by atoms with Crippen molar-refractivity contribution in [3.05, 3.63) is 40.3 Å². The average Bonchev–Trinajstić information content (AvgIpc) is 2.27. The fourth-order valence-corrected chi connectivity index (χ4v) is 1.86. The highest BCUT2D eigenvalue weighted by molar-refractivity contribution is 5.77. The van der Waals surface area contributed by atoms with E-state index < -0.39 is 11.9 Å². The molecule has 78 valence electrons. The summed E-state index contributed by atoms with van der Waals surface area (Å²) < 4.78 is 0.